The summed E-state index contributed by atoms with van der Waals surface area (Å²) < 4.78 is 0. The predicted octanol–water partition coefficient (Wildman–Crippen LogP) is 3.26. The van der Waals surface area contributed by atoms with Gasteiger partial charge in [-0.15, -0.1) is 12.6 Å². The molecule has 2 aromatic carbocycles. The minimum Gasteiger partial charge on any atom is -0.349 e. The molecule has 0 unspecified atom stereocenters. The van der Waals surface area contributed by atoms with Gasteiger partial charge < -0.3 is 10.6 Å². The van der Waals surface area contributed by atoms with Crippen LogP contribution in [0.25, 0.3) is 0 Å². The lowest BCUT2D eigenvalue weighted by Crippen LogP contribution is -2.32. The molecule has 0 aliphatic carbocycles. The van der Waals surface area contributed by atoms with E-state index in [9.17, 15) is 0 Å². The first-order valence-corrected chi connectivity index (χ1v) is 5.66. The van der Waals surface area contributed by atoms with E-state index in [4.69, 9.17) is 12.6 Å². The van der Waals surface area contributed by atoms with Crippen LogP contribution >= 0.6 is 12.6 Å². The monoisotopic (exact) mass is 228 g/mol. The SMILES string of the molecule is SC1(c2ccccc2)Nc2ccccc2N1. The lowest BCUT2D eigenvalue weighted by molar-refractivity contribution is 0.864. The van der Waals surface area contributed by atoms with Gasteiger partial charge in [-0.25, -0.2) is 0 Å². The fourth-order valence-electron chi connectivity index (χ4n) is 1.95. The molecular formula is C13H12N2S. The summed E-state index contributed by atoms with van der Waals surface area (Å²) in [6.45, 7) is 0. The van der Waals surface area contributed by atoms with E-state index in [0.717, 1.165) is 16.9 Å². The van der Waals surface area contributed by atoms with E-state index < -0.39 is 4.99 Å². The molecule has 2 aromatic rings. The lowest BCUT2D eigenvalue weighted by atomic mass is 10.2. The zero-order chi connectivity index (χ0) is 11.0. The molecule has 2 N–H and O–H groups in total. The number of rotatable bonds is 1. The minimum atomic E-state index is -0.509. The van der Waals surface area contributed by atoms with Crippen LogP contribution in [0.5, 0.6) is 0 Å². The molecule has 0 aromatic heterocycles. The van der Waals surface area contributed by atoms with Crippen molar-refractivity contribution in [2.75, 3.05) is 10.6 Å². The quantitative estimate of drug-likeness (QED) is 0.653. The van der Waals surface area contributed by atoms with Gasteiger partial charge in [-0.1, -0.05) is 42.5 Å². The van der Waals surface area contributed by atoms with Crippen LogP contribution < -0.4 is 10.6 Å². The molecule has 1 aliphatic heterocycles. The second-order valence-corrected chi connectivity index (χ2v) is 4.54. The molecule has 0 amide bonds. The third-order valence-corrected chi connectivity index (χ3v) is 3.23. The number of benzene rings is 2. The first-order chi connectivity index (χ1) is 7.78. The zero-order valence-corrected chi connectivity index (χ0v) is 9.54. The van der Waals surface area contributed by atoms with Crippen LogP contribution in [0, 0.1) is 0 Å². The standard InChI is InChI=1S/C13H12N2S/c16-13(10-6-2-1-3-7-10)14-11-8-4-5-9-12(11)15-13/h1-9,14-16H. The Morgan fingerprint density at radius 1 is 0.750 bits per heavy atom. The Balaban J connectivity index is 2.01. The van der Waals surface area contributed by atoms with Gasteiger partial charge >= 0.3 is 0 Å². The van der Waals surface area contributed by atoms with Gasteiger partial charge in [0.2, 0.25) is 0 Å². The van der Waals surface area contributed by atoms with E-state index >= 15 is 0 Å². The molecule has 16 heavy (non-hydrogen) atoms. The fraction of sp³-hybridized carbons (Fsp3) is 0.0769. The van der Waals surface area contributed by atoms with Gasteiger partial charge in [0.15, 0.2) is 4.99 Å². The van der Waals surface area contributed by atoms with E-state index in [1.165, 1.54) is 0 Å². The van der Waals surface area contributed by atoms with Crippen LogP contribution in [0.2, 0.25) is 0 Å². The Labute approximate surface area is 100 Å². The first kappa shape index (κ1) is 9.60. The third-order valence-electron chi connectivity index (χ3n) is 2.75. The van der Waals surface area contributed by atoms with Crippen LogP contribution in [0.1, 0.15) is 5.56 Å². The fourth-order valence-corrected chi connectivity index (χ4v) is 2.34. The third kappa shape index (κ3) is 1.44. The molecule has 0 fully saturated rings. The number of hydrogen-bond donors (Lipinski definition) is 3. The van der Waals surface area contributed by atoms with E-state index in [1.807, 2.05) is 42.5 Å². The highest BCUT2D eigenvalue weighted by atomic mass is 32.1. The van der Waals surface area contributed by atoms with Crippen molar-refractivity contribution in [2.45, 2.75) is 4.99 Å². The Morgan fingerprint density at radius 2 is 1.25 bits per heavy atom. The lowest BCUT2D eigenvalue weighted by Gasteiger charge is -2.25. The Hall–Kier alpha value is -1.61. The summed E-state index contributed by atoms with van der Waals surface area (Å²) >= 11 is 4.69. The topological polar surface area (TPSA) is 24.1 Å². The second kappa shape index (κ2) is 3.46. The van der Waals surface area contributed by atoms with Crippen molar-refractivity contribution >= 4 is 24.0 Å². The molecule has 3 rings (SSSR count). The molecule has 1 aliphatic rings. The van der Waals surface area contributed by atoms with Crippen LogP contribution in [-0.2, 0) is 4.99 Å². The van der Waals surface area contributed by atoms with Crippen LogP contribution in [0.15, 0.2) is 54.6 Å². The van der Waals surface area contributed by atoms with Crippen molar-refractivity contribution in [3.63, 3.8) is 0 Å². The number of hydrogen-bond acceptors (Lipinski definition) is 3. The van der Waals surface area contributed by atoms with Crippen molar-refractivity contribution in [3.8, 4) is 0 Å². The largest absolute Gasteiger partial charge is 0.349 e. The van der Waals surface area contributed by atoms with Crippen LogP contribution in [0.3, 0.4) is 0 Å². The number of anilines is 2. The molecule has 1 heterocycles. The summed E-state index contributed by atoms with van der Waals surface area (Å²) in [5.41, 5.74) is 3.28. The Morgan fingerprint density at radius 3 is 1.81 bits per heavy atom. The molecule has 0 spiro atoms. The van der Waals surface area contributed by atoms with E-state index in [2.05, 4.69) is 22.8 Å². The van der Waals surface area contributed by atoms with Crippen LogP contribution in [-0.4, -0.2) is 0 Å². The second-order valence-electron chi connectivity index (χ2n) is 3.87. The summed E-state index contributed by atoms with van der Waals surface area (Å²) in [6.07, 6.45) is 0. The van der Waals surface area contributed by atoms with Gasteiger partial charge in [-0.05, 0) is 12.1 Å². The molecule has 0 bridgehead atoms. The highest BCUT2D eigenvalue weighted by molar-refractivity contribution is 7.81. The molecule has 0 saturated heterocycles. The number of thiol groups is 1. The van der Waals surface area contributed by atoms with Crippen molar-refractivity contribution in [1.82, 2.24) is 0 Å². The average Bonchev–Trinajstić information content (AvgIpc) is 2.68. The Bertz CT molecular complexity index is 485. The molecular weight excluding hydrogens is 216 g/mol. The normalized spacial score (nSPS) is 16.1. The minimum absolute atomic E-state index is 0.509. The van der Waals surface area contributed by atoms with E-state index in [-0.39, 0.29) is 0 Å². The predicted molar refractivity (Wildman–Crippen MR) is 70.8 cm³/mol. The summed E-state index contributed by atoms with van der Waals surface area (Å²) in [5.74, 6) is 0. The highest BCUT2D eigenvalue weighted by Gasteiger charge is 2.33. The number of nitrogens with one attached hydrogen (secondary N) is 2. The molecule has 2 nitrogen and oxygen atoms in total. The average molecular weight is 228 g/mol. The zero-order valence-electron chi connectivity index (χ0n) is 8.64. The smallest absolute Gasteiger partial charge is 0.181 e. The molecule has 0 radical (unpaired) electrons. The van der Waals surface area contributed by atoms with E-state index in [0.29, 0.717) is 0 Å². The Kier molecular flexibility index (Phi) is 2.07. The van der Waals surface area contributed by atoms with Crippen molar-refractivity contribution < 1.29 is 0 Å². The molecule has 0 atom stereocenters. The van der Waals surface area contributed by atoms with Gasteiger partial charge in [-0.3, -0.25) is 0 Å². The van der Waals surface area contributed by atoms with Gasteiger partial charge in [0.1, 0.15) is 0 Å². The molecule has 0 saturated carbocycles. The summed E-state index contributed by atoms with van der Waals surface area (Å²) in [7, 11) is 0. The summed E-state index contributed by atoms with van der Waals surface area (Å²) in [5, 5.41) is 6.76. The maximum absolute atomic E-state index is 4.69. The summed E-state index contributed by atoms with van der Waals surface area (Å²) in [4.78, 5) is -0.509. The van der Waals surface area contributed by atoms with Gasteiger partial charge in [0.05, 0.1) is 11.4 Å². The van der Waals surface area contributed by atoms with Crippen molar-refractivity contribution in [2.24, 2.45) is 0 Å². The van der Waals surface area contributed by atoms with E-state index in [1.54, 1.807) is 0 Å². The number of fused-ring (bicyclic) bond motifs is 1. The maximum Gasteiger partial charge on any atom is 0.181 e. The highest BCUT2D eigenvalue weighted by Crippen LogP contribution is 2.41. The number of para-hydroxylation sites is 2. The van der Waals surface area contributed by atoms with Gasteiger partial charge in [0, 0.05) is 5.56 Å². The van der Waals surface area contributed by atoms with Gasteiger partial charge in [-0.2, -0.15) is 0 Å². The molecule has 80 valence electrons. The molecule has 3 heteroatoms. The maximum atomic E-state index is 4.69. The van der Waals surface area contributed by atoms with Crippen LogP contribution in [0.4, 0.5) is 11.4 Å². The van der Waals surface area contributed by atoms with Crippen molar-refractivity contribution in [1.29, 1.82) is 0 Å². The first-order valence-electron chi connectivity index (χ1n) is 5.21. The summed E-state index contributed by atoms with van der Waals surface area (Å²) in [6, 6.07) is 18.3. The van der Waals surface area contributed by atoms with Gasteiger partial charge in [0.25, 0.3) is 0 Å². The van der Waals surface area contributed by atoms with Crippen molar-refractivity contribution in [3.05, 3.63) is 60.2 Å².